The minimum absolute atomic E-state index is 0.101. The van der Waals surface area contributed by atoms with Crippen LogP contribution in [0, 0.1) is 6.92 Å². The van der Waals surface area contributed by atoms with Gasteiger partial charge in [0, 0.05) is 24.6 Å². The first-order chi connectivity index (χ1) is 13.6. The van der Waals surface area contributed by atoms with Crippen molar-refractivity contribution in [2.24, 2.45) is 0 Å². The molecule has 1 aromatic carbocycles. The molecule has 0 bridgehead atoms. The summed E-state index contributed by atoms with van der Waals surface area (Å²) in [5.41, 5.74) is 2.64. The summed E-state index contributed by atoms with van der Waals surface area (Å²) in [4.78, 5) is 34.5. The Bertz CT molecular complexity index is 1320. The average molecular weight is 390 g/mol. The van der Waals surface area contributed by atoms with Gasteiger partial charge in [-0.15, -0.1) is 6.58 Å². The smallest absolute Gasteiger partial charge is 0.262 e. The summed E-state index contributed by atoms with van der Waals surface area (Å²) in [7, 11) is 0. The first-order valence-electron chi connectivity index (χ1n) is 8.79. The summed E-state index contributed by atoms with van der Waals surface area (Å²) in [5.74, 6) is 0.433. The van der Waals surface area contributed by atoms with Crippen LogP contribution in [-0.4, -0.2) is 18.9 Å². The minimum atomic E-state index is -0.126. The lowest BCUT2D eigenvalue weighted by atomic mass is 10.2. The normalized spacial score (nSPS) is 11.2. The second kappa shape index (κ2) is 7.44. The van der Waals surface area contributed by atoms with E-state index in [0.717, 1.165) is 5.56 Å². The predicted octanol–water partition coefficient (Wildman–Crippen LogP) is 3.19. The van der Waals surface area contributed by atoms with Gasteiger partial charge in [-0.2, -0.15) is 0 Å². The number of fused-ring (bicyclic) bond motifs is 2. The molecule has 0 atom stereocenters. The number of aromatic nitrogens is 4. The van der Waals surface area contributed by atoms with Crippen LogP contribution in [0.3, 0.4) is 0 Å². The van der Waals surface area contributed by atoms with Crippen LogP contribution in [0.15, 0.2) is 76.1 Å². The molecule has 0 fully saturated rings. The summed E-state index contributed by atoms with van der Waals surface area (Å²) in [6.07, 6.45) is 3.38. The predicted molar refractivity (Wildman–Crippen MR) is 112 cm³/mol. The zero-order valence-corrected chi connectivity index (χ0v) is 16.1. The molecule has 0 aliphatic heterocycles. The fraction of sp³-hybridized carbons (Fsp3) is 0.143. The maximum absolute atomic E-state index is 12.8. The lowest BCUT2D eigenvalue weighted by Crippen LogP contribution is -2.23. The zero-order chi connectivity index (χ0) is 19.7. The van der Waals surface area contributed by atoms with E-state index in [1.807, 2.05) is 37.3 Å². The highest BCUT2D eigenvalue weighted by atomic mass is 32.2. The maximum atomic E-state index is 12.8. The third kappa shape index (κ3) is 3.25. The number of pyridine rings is 1. The number of hydrogen-bond donors (Lipinski definition) is 0. The van der Waals surface area contributed by atoms with E-state index in [2.05, 4.69) is 16.5 Å². The first-order valence-corrected chi connectivity index (χ1v) is 9.78. The molecule has 4 aromatic rings. The lowest BCUT2D eigenvalue weighted by molar-refractivity contribution is 0.671. The zero-order valence-electron chi connectivity index (χ0n) is 15.3. The van der Waals surface area contributed by atoms with Crippen LogP contribution < -0.4 is 11.1 Å². The monoisotopic (exact) mass is 390 g/mol. The van der Waals surface area contributed by atoms with Crippen molar-refractivity contribution in [3.05, 3.63) is 93.3 Å². The molecule has 3 aromatic heterocycles. The Kier molecular flexibility index (Phi) is 4.83. The van der Waals surface area contributed by atoms with E-state index in [1.54, 1.807) is 22.9 Å². The maximum Gasteiger partial charge on any atom is 0.262 e. The van der Waals surface area contributed by atoms with Gasteiger partial charge in [-0.3, -0.25) is 18.6 Å². The van der Waals surface area contributed by atoms with Crippen molar-refractivity contribution in [3.8, 4) is 0 Å². The van der Waals surface area contributed by atoms with Gasteiger partial charge in [-0.25, -0.2) is 9.97 Å². The summed E-state index contributed by atoms with van der Waals surface area (Å²) < 4.78 is 3.13. The molecule has 6 nitrogen and oxygen atoms in total. The molecule has 140 valence electrons. The van der Waals surface area contributed by atoms with E-state index < -0.39 is 0 Å². The second-order valence-corrected chi connectivity index (χ2v) is 7.32. The van der Waals surface area contributed by atoms with Crippen LogP contribution in [0.25, 0.3) is 16.6 Å². The molecule has 0 aliphatic rings. The molecule has 7 heteroatoms. The lowest BCUT2D eigenvalue weighted by Gasteiger charge is -2.11. The molecule has 0 aliphatic carbocycles. The highest BCUT2D eigenvalue weighted by Crippen LogP contribution is 2.21. The molecule has 28 heavy (non-hydrogen) atoms. The van der Waals surface area contributed by atoms with Crippen LogP contribution in [0.2, 0.25) is 0 Å². The Hall–Kier alpha value is -3.19. The number of nitrogens with zero attached hydrogens (tertiary/aromatic N) is 4. The van der Waals surface area contributed by atoms with Crippen molar-refractivity contribution in [1.82, 2.24) is 18.9 Å². The molecule has 0 saturated carbocycles. The quantitative estimate of drug-likeness (QED) is 0.297. The number of hydrogen-bond acceptors (Lipinski definition) is 5. The summed E-state index contributed by atoms with van der Waals surface area (Å²) in [6.45, 7) is 6.03. The van der Waals surface area contributed by atoms with Gasteiger partial charge in [0.05, 0.1) is 16.6 Å². The molecule has 0 unspecified atom stereocenters. The van der Waals surface area contributed by atoms with Crippen molar-refractivity contribution in [3.63, 3.8) is 0 Å². The third-order valence-corrected chi connectivity index (χ3v) is 5.44. The molecule has 0 N–H and O–H groups in total. The van der Waals surface area contributed by atoms with Crippen LogP contribution in [0.1, 0.15) is 11.3 Å². The summed E-state index contributed by atoms with van der Waals surface area (Å²) >= 11 is 1.39. The van der Waals surface area contributed by atoms with E-state index >= 15 is 0 Å². The van der Waals surface area contributed by atoms with Gasteiger partial charge in [0.1, 0.15) is 5.65 Å². The van der Waals surface area contributed by atoms with Crippen LogP contribution >= 0.6 is 11.8 Å². The van der Waals surface area contributed by atoms with Gasteiger partial charge in [0.2, 0.25) is 0 Å². The van der Waals surface area contributed by atoms with E-state index in [4.69, 9.17) is 0 Å². The van der Waals surface area contributed by atoms with Gasteiger partial charge in [0.15, 0.2) is 5.16 Å². The first kappa shape index (κ1) is 18.2. The number of thioether (sulfide) groups is 1. The van der Waals surface area contributed by atoms with Gasteiger partial charge in [-0.1, -0.05) is 36.0 Å². The standard InChI is InChI=1S/C21H18N4O2S/c1-3-10-25-20(27)16-8-4-5-9-17(16)23-21(25)28-13-15-12-18(26)24-11-6-7-14(2)19(24)22-15/h3-9,11-12H,1,10,13H2,2H3. The van der Waals surface area contributed by atoms with Crippen molar-refractivity contribution >= 4 is 28.3 Å². The van der Waals surface area contributed by atoms with E-state index in [-0.39, 0.29) is 11.1 Å². The fourth-order valence-electron chi connectivity index (χ4n) is 3.07. The highest BCUT2D eigenvalue weighted by molar-refractivity contribution is 7.98. The Morgan fingerprint density at radius 1 is 1.14 bits per heavy atom. The largest absolute Gasteiger partial charge is 0.283 e. The summed E-state index contributed by atoms with van der Waals surface area (Å²) in [5, 5.41) is 1.15. The topological polar surface area (TPSA) is 69.3 Å². The Labute approximate surface area is 165 Å². The molecule has 0 spiro atoms. The molecule has 0 saturated heterocycles. The SMILES string of the molecule is C=CCn1c(SCc2cc(=O)n3cccc(C)c3n2)nc2ccccc2c1=O. The number of aryl methyl sites for hydroxylation is 1. The van der Waals surface area contributed by atoms with Gasteiger partial charge >= 0.3 is 0 Å². The Morgan fingerprint density at radius 2 is 1.96 bits per heavy atom. The van der Waals surface area contributed by atoms with Crippen molar-refractivity contribution in [2.45, 2.75) is 24.4 Å². The van der Waals surface area contributed by atoms with E-state index in [1.165, 1.54) is 22.2 Å². The number of rotatable bonds is 5. The van der Waals surface area contributed by atoms with Gasteiger partial charge < -0.3 is 0 Å². The third-order valence-electron chi connectivity index (χ3n) is 4.43. The Balaban J connectivity index is 1.75. The second-order valence-electron chi connectivity index (χ2n) is 6.38. The van der Waals surface area contributed by atoms with Crippen LogP contribution in [-0.2, 0) is 12.3 Å². The van der Waals surface area contributed by atoms with Crippen molar-refractivity contribution in [1.29, 1.82) is 0 Å². The molecule has 4 rings (SSSR count). The fourth-order valence-corrected chi connectivity index (χ4v) is 3.97. The van der Waals surface area contributed by atoms with Gasteiger partial charge in [-0.05, 0) is 30.7 Å². The number of benzene rings is 1. The minimum Gasteiger partial charge on any atom is -0.283 e. The number of para-hydroxylation sites is 1. The van der Waals surface area contributed by atoms with Crippen molar-refractivity contribution in [2.75, 3.05) is 0 Å². The molecule has 0 amide bonds. The average Bonchev–Trinajstić information content (AvgIpc) is 2.70. The molecule has 0 radical (unpaired) electrons. The van der Waals surface area contributed by atoms with Gasteiger partial charge in [0.25, 0.3) is 11.1 Å². The summed E-state index contributed by atoms with van der Waals surface area (Å²) in [6, 6.07) is 12.5. The number of allylic oxidation sites excluding steroid dienone is 1. The Morgan fingerprint density at radius 3 is 2.79 bits per heavy atom. The van der Waals surface area contributed by atoms with E-state index in [0.29, 0.717) is 39.7 Å². The van der Waals surface area contributed by atoms with Crippen molar-refractivity contribution < 1.29 is 0 Å². The highest BCUT2D eigenvalue weighted by Gasteiger charge is 2.12. The molecule has 3 heterocycles. The van der Waals surface area contributed by atoms with Crippen LogP contribution in [0.4, 0.5) is 0 Å². The molecular weight excluding hydrogens is 372 g/mol. The van der Waals surface area contributed by atoms with Crippen LogP contribution in [0.5, 0.6) is 0 Å². The van der Waals surface area contributed by atoms with E-state index in [9.17, 15) is 9.59 Å². The molecular formula is C21H18N4O2S.